The highest BCUT2D eigenvalue weighted by Crippen LogP contribution is 2.43. The molecule has 4 aromatic heterocycles. The number of halogens is 2. The highest BCUT2D eigenvalue weighted by atomic mass is 28.4. The molecule has 19 heteroatoms. The number of ether oxygens (including phenoxy) is 2. The van der Waals surface area contributed by atoms with Crippen LogP contribution in [-0.2, 0) is 24.7 Å². The first kappa shape index (κ1) is 45.0. The van der Waals surface area contributed by atoms with Crippen molar-refractivity contribution in [1.29, 1.82) is 0 Å². The predicted molar refractivity (Wildman–Crippen MR) is 239 cm³/mol. The fourth-order valence-electron chi connectivity index (χ4n) is 7.02. The number of aliphatic hydroxyl groups excluding tert-OH is 1. The number of hydrogen-bond donors (Lipinski definition) is 1. The van der Waals surface area contributed by atoms with Crippen LogP contribution in [0.1, 0.15) is 84.7 Å². The summed E-state index contributed by atoms with van der Waals surface area (Å²) in [5, 5.41) is 10.6. The van der Waals surface area contributed by atoms with Gasteiger partial charge in [-0.05, 0) is 55.3 Å². The summed E-state index contributed by atoms with van der Waals surface area (Å²) in [6, 6.07) is 8.70. The van der Waals surface area contributed by atoms with E-state index >= 15 is 8.78 Å². The number of aliphatic hydroxyl groups is 1. The zero-order valence-electron chi connectivity index (χ0n) is 38.6. The van der Waals surface area contributed by atoms with Gasteiger partial charge in [0.15, 0.2) is 64.1 Å². The number of alkyl halides is 2. The second kappa shape index (κ2) is 17.8. The molecule has 338 valence electrons. The Morgan fingerprint density at radius 1 is 0.857 bits per heavy atom. The molecule has 63 heavy (non-hydrogen) atoms. The second-order valence-electron chi connectivity index (χ2n) is 19.2. The molecule has 2 aliphatic heterocycles. The Bertz CT molecular complexity index is 2510. The van der Waals surface area contributed by atoms with Crippen molar-refractivity contribution in [3.05, 3.63) is 66.9 Å². The standard InChI is InChI=1S/C44H59F2N9O6Si2/c1-27-36(61-63(10,11)44(5,6)7)32(46)42(59-27)55-26-52-34-38(49-24-50-39(34)55)53(40(57)28-18-14-12-15-19-28)21-17-13-16-20-29-33-37(48-23-47-29)54(25-51-33)41-31(45)35(56)30(60-41)22-58-62(8,9)43(2,3)4/h12,14-15,18-19,23-27,30-32,35-36,41-42,56H,16,20-22H2,1-11H3/t27-,30-,31-,32-,35-,36-,41?,42?/m1/s1/i1D. The number of aryl methyl sites for hydroxylation is 1. The molecule has 1 N–H and O–H groups in total. The normalized spacial score (nSPS) is 24.7. The van der Waals surface area contributed by atoms with Gasteiger partial charge in [0.05, 0.1) is 37.6 Å². The van der Waals surface area contributed by atoms with Crippen molar-refractivity contribution >= 4 is 50.7 Å². The number of aromatic nitrogens is 8. The SMILES string of the molecule is [2H]C[C@H]1OC(n2cnc3c(N(CC#CCCc4ncnc5c4ncn5C4O[C@H](CO[Si](C)(C)C(C)(C)C)[C@@H](O)[C@H]4F)C(=O)c4ccccc4)ncnc32)[C@H](F)[C@@H]1O[Si](C)(C)C(C)(C)C. The van der Waals surface area contributed by atoms with Crippen molar-refractivity contribution in [1.82, 2.24) is 39.0 Å². The Kier molecular flexibility index (Phi) is 12.7. The van der Waals surface area contributed by atoms with E-state index in [1.807, 2.05) is 19.2 Å². The zero-order chi connectivity index (χ0) is 46.4. The number of carbonyl (C=O) groups excluding carboxylic acids is 1. The molecular formula is C44H59F2N9O6Si2. The summed E-state index contributed by atoms with van der Waals surface area (Å²) in [5.41, 5.74) is 2.26. The van der Waals surface area contributed by atoms with Crippen LogP contribution in [0.5, 0.6) is 0 Å². The van der Waals surface area contributed by atoms with Crippen LogP contribution in [0.25, 0.3) is 22.3 Å². The molecule has 15 nitrogen and oxygen atoms in total. The highest BCUT2D eigenvalue weighted by molar-refractivity contribution is 6.74. The van der Waals surface area contributed by atoms with Gasteiger partial charge in [-0.1, -0.05) is 65.7 Å². The van der Waals surface area contributed by atoms with Gasteiger partial charge in [0.2, 0.25) is 0 Å². The number of fused-ring (bicyclic) bond motifs is 2. The first-order valence-electron chi connectivity index (χ1n) is 21.9. The number of amides is 1. The maximum Gasteiger partial charge on any atom is 0.260 e. The molecule has 2 fully saturated rings. The summed E-state index contributed by atoms with van der Waals surface area (Å²) < 4.78 is 68.0. The third kappa shape index (κ3) is 9.21. The van der Waals surface area contributed by atoms with Gasteiger partial charge in [-0.25, -0.2) is 38.7 Å². The second-order valence-corrected chi connectivity index (χ2v) is 28.8. The minimum Gasteiger partial charge on any atom is -0.414 e. The van der Waals surface area contributed by atoms with Crippen LogP contribution in [0.4, 0.5) is 14.6 Å². The maximum atomic E-state index is 16.4. The minimum atomic E-state index is -2.43. The number of nitrogens with zero attached hydrogens (tertiary/aromatic N) is 9. The lowest BCUT2D eigenvalue weighted by atomic mass is 10.1. The predicted octanol–water partition coefficient (Wildman–Crippen LogP) is 7.51. The van der Waals surface area contributed by atoms with Crippen LogP contribution in [-0.4, -0.2) is 117 Å². The molecule has 5 aromatic rings. The molecular weight excluding hydrogens is 845 g/mol. The topological polar surface area (TPSA) is 165 Å². The smallest absolute Gasteiger partial charge is 0.260 e. The van der Waals surface area contributed by atoms with Gasteiger partial charge in [-0.3, -0.25) is 18.8 Å². The van der Waals surface area contributed by atoms with Gasteiger partial charge >= 0.3 is 0 Å². The van der Waals surface area contributed by atoms with Crippen molar-refractivity contribution in [2.24, 2.45) is 0 Å². The van der Waals surface area contributed by atoms with Crippen molar-refractivity contribution in [3.8, 4) is 11.8 Å². The van der Waals surface area contributed by atoms with E-state index in [2.05, 4.69) is 96.4 Å². The molecule has 0 saturated carbocycles. The lowest BCUT2D eigenvalue weighted by molar-refractivity contribution is -0.0434. The van der Waals surface area contributed by atoms with E-state index in [-0.39, 0.29) is 53.0 Å². The van der Waals surface area contributed by atoms with Crippen LogP contribution in [0.3, 0.4) is 0 Å². The zero-order valence-corrected chi connectivity index (χ0v) is 39.6. The monoisotopic (exact) mass is 904 g/mol. The first-order valence-corrected chi connectivity index (χ1v) is 27.0. The van der Waals surface area contributed by atoms with Gasteiger partial charge in [-0.15, -0.1) is 5.92 Å². The van der Waals surface area contributed by atoms with E-state index in [9.17, 15) is 9.90 Å². The first-order chi connectivity index (χ1) is 30.1. The van der Waals surface area contributed by atoms with E-state index in [1.165, 1.54) is 39.3 Å². The van der Waals surface area contributed by atoms with Crippen LogP contribution in [0.15, 0.2) is 55.6 Å². The molecule has 0 bridgehead atoms. The number of hydrogen-bond acceptors (Lipinski definition) is 12. The fourth-order valence-corrected chi connectivity index (χ4v) is 9.35. The van der Waals surface area contributed by atoms with Crippen molar-refractivity contribution < 1.29 is 38.4 Å². The van der Waals surface area contributed by atoms with Crippen molar-refractivity contribution in [3.63, 3.8) is 0 Å². The molecule has 0 radical (unpaired) electrons. The average molecular weight is 905 g/mol. The molecule has 0 aliphatic carbocycles. The lowest BCUT2D eigenvalue weighted by Gasteiger charge is -2.39. The van der Waals surface area contributed by atoms with Crippen LogP contribution in [0.2, 0.25) is 36.3 Å². The summed E-state index contributed by atoms with van der Waals surface area (Å²) in [5.74, 6) is 6.03. The molecule has 6 heterocycles. The largest absolute Gasteiger partial charge is 0.414 e. The average Bonchev–Trinajstić information content (AvgIpc) is 4.02. The van der Waals surface area contributed by atoms with E-state index in [0.717, 1.165) is 0 Å². The van der Waals surface area contributed by atoms with Gasteiger partial charge in [-0.2, -0.15) is 0 Å². The molecule has 0 spiro atoms. The Morgan fingerprint density at radius 2 is 1.48 bits per heavy atom. The quantitative estimate of drug-likeness (QED) is 0.0970. The number of rotatable bonds is 12. The molecule has 2 aliphatic rings. The summed E-state index contributed by atoms with van der Waals surface area (Å²) >= 11 is 0. The van der Waals surface area contributed by atoms with Crippen LogP contribution >= 0.6 is 0 Å². The summed E-state index contributed by atoms with van der Waals surface area (Å²) in [6.45, 7) is 20.6. The van der Waals surface area contributed by atoms with Crippen LogP contribution in [0, 0.1) is 11.8 Å². The summed E-state index contributed by atoms with van der Waals surface area (Å²) in [6.07, 6.45) is -3.52. The number of benzene rings is 1. The van der Waals surface area contributed by atoms with E-state index in [1.54, 1.807) is 24.3 Å². The lowest BCUT2D eigenvalue weighted by Crippen LogP contribution is -2.47. The maximum absolute atomic E-state index is 16.4. The number of imidazole rings is 2. The molecule has 7 rings (SSSR count). The van der Waals surface area contributed by atoms with Crippen LogP contribution < -0.4 is 4.90 Å². The third-order valence-corrected chi connectivity index (χ3v) is 21.9. The third-order valence-electron chi connectivity index (χ3n) is 12.9. The fraction of sp³-hybridized carbons (Fsp3) is 0.568. The Balaban J connectivity index is 1.09. The van der Waals surface area contributed by atoms with Crippen molar-refractivity contribution in [2.45, 2.75) is 147 Å². The van der Waals surface area contributed by atoms with E-state index in [0.29, 0.717) is 35.3 Å². The molecule has 8 atom stereocenters. The van der Waals surface area contributed by atoms with Gasteiger partial charge in [0.25, 0.3) is 5.91 Å². The molecule has 2 saturated heterocycles. The van der Waals surface area contributed by atoms with E-state index < -0.39 is 65.8 Å². The summed E-state index contributed by atoms with van der Waals surface area (Å²) in [7, 11) is -4.60. The Hall–Kier alpha value is -4.56. The minimum absolute atomic E-state index is 0.0649. The number of carbonyl (C=O) groups is 1. The highest BCUT2D eigenvalue weighted by Gasteiger charge is 2.51. The van der Waals surface area contributed by atoms with Gasteiger partial charge < -0.3 is 23.4 Å². The number of anilines is 1. The Morgan fingerprint density at radius 3 is 2.13 bits per heavy atom. The Labute approximate surface area is 370 Å². The molecule has 1 amide bonds. The molecule has 1 aromatic carbocycles. The van der Waals surface area contributed by atoms with Gasteiger partial charge in [0, 0.05) is 19.8 Å². The van der Waals surface area contributed by atoms with E-state index in [4.69, 9.17) is 19.7 Å². The summed E-state index contributed by atoms with van der Waals surface area (Å²) in [4.78, 5) is 42.3. The van der Waals surface area contributed by atoms with Gasteiger partial charge in [0.1, 0.15) is 36.5 Å². The van der Waals surface area contributed by atoms with Crippen molar-refractivity contribution in [2.75, 3.05) is 18.1 Å². The molecule has 2 unspecified atom stereocenters.